The van der Waals surface area contributed by atoms with E-state index in [-0.39, 0.29) is 17.8 Å². The van der Waals surface area contributed by atoms with Crippen molar-refractivity contribution in [3.8, 4) is 0 Å². The van der Waals surface area contributed by atoms with Gasteiger partial charge in [0, 0.05) is 6.54 Å². The van der Waals surface area contributed by atoms with Crippen molar-refractivity contribution >= 4 is 5.69 Å². The summed E-state index contributed by atoms with van der Waals surface area (Å²) in [4.78, 5) is 0. The highest BCUT2D eigenvalue weighted by Crippen LogP contribution is 2.32. The van der Waals surface area contributed by atoms with Crippen LogP contribution in [0.25, 0.3) is 0 Å². The van der Waals surface area contributed by atoms with Crippen LogP contribution in [0, 0.1) is 18.6 Å². The van der Waals surface area contributed by atoms with Crippen molar-refractivity contribution in [2.24, 2.45) is 0 Å². The van der Waals surface area contributed by atoms with E-state index in [1.807, 2.05) is 0 Å². The molecule has 0 radical (unpaired) electrons. The Morgan fingerprint density at radius 3 is 2.29 bits per heavy atom. The molecule has 0 fully saturated rings. The fourth-order valence-electron chi connectivity index (χ4n) is 1.86. The number of nitrogens with one attached hydrogen (secondary N) is 1. The van der Waals surface area contributed by atoms with Crippen LogP contribution < -0.4 is 5.32 Å². The molecule has 112 valence electrons. The summed E-state index contributed by atoms with van der Waals surface area (Å²) in [6, 6.07) is 7.19. The van der Waals surface area contributed by atoms with Gasteiger partial charge in [-0.3, -0.25) is 0 Å². The third-order valence-corrected chi connectivity index (χ3v) is 2.94. The lowest BCUT2D eigenvalue weighted by molar-refractivity contribution is -0.140. The van der Waals surface area contributed by atoms with Gasteiger partial charge in [-0.25, -0.2) is 8.78 Å². The highest BCUT2D eigenvalue weighted by molar-refractivity contribution is 5.46. The van der Waals surface area contributed by atoms with E-state index in [0.29, 0.717) is 6.07 Å². The van der Waals surface area contributed by atoms with Gasteiger partial charge in [0.25, 0.3) is 0 Å². The standard InChI is InChI=1S/C15H12F5N/c1-9-2-5-14(13(17)6-9)21-8-10-3-4-12(16)11(7-10)15(18,19)20/h2-7,21H,8H2,1H3. The molecule has 0 saturated heterocycles. The second-order valence-corrected chi connectivity index (χ2v) is 4.65. The third kappa shape index (κ3) is 3.71. The van der Waals surface area contributed by atoms with Gasteiger partial charge >= 0.3 is 6.18 Å². The summed E-state index contributed by atoms with van der Waals surface area (Å²) in [5, 5.41) is 2.69. The molecule has 1 N–H and O–H groups in total. The maximum Gasteiger partial charge on any atom is 0.419 e. The molecule has 0 spiro atoms. The second kappa shape index (κ2) is 5.71. The van der Waals surface area contributed by atoms with Gasteiger partial charge in [-0.1, -0.05) is 12.1 Å². The van der Waals surface area contributed by atoms with Gasteiger partial charge in [0.2, 0.25) is 0 Å². The molecule has 0 atom stereocenters. The average molecular weight is 301 g/mol. The van der Waals surface area contributed by atoms with Crippen molar-refractivity contribution < 1.29 is 22.0 Å². The highest BCUT2D eigenvalue weighted by Gasteiger charge is 2.34. The molecular formula is C15H12F5N. The third-order valence-electron chi connectivity index (χ3n) is 2.94. The molecule has 0 unspecified atom stereocenters. The summed E-state index contributed by atoms with van der Waals surface area (Å²) in [6.07, 6.45) is -4.75. The first-order valence-corrected chi connectivity index (χ1v) is 6.13. The van der Waals surface area contributed by atoms with Crippen molar-refractivity contribution in [3.05, 3.63) is 64.7 Å². The van der Waals surface area contributed by atoms with Gasteiger partial charge in [-0.05, 0) is 42.3 Å². The maximum atomic E-state index is 13.6. The van der Waals surface area contributed by atoms with Crippen LogP contribution in [-0.2, 0) is 12.7 Å². The van der Waals surface area contributed by atoms with E-state index in [4.69, 9.17) is 0 Å². The molecule has 0 aliphatic carbocycles. The predicted octanol–water partition coefficient (Wildman–Crippen LogP) is 4.90. The first-order chi connectivity index (χ1) is 9.77. The minimum atomic E-state index is -4.75. The maximum absolute atomic E-state index is 13.6. The molecule has 0 aliphatic rings. The SMILES string of the molecule is Cc1ccc(NCc2ccc(F)c(C(F)(F)F)c2)c(F)c1. The number of rotatable bonds is 3. The molecule has 2 aromatic rings. The number of hydrogen-bond acceptors (Lipinski definition) is 1. The van der Waals surface area contributed by atoms with E-state index >= 15 is 0 Å². The summed E-state index contributed by atoms with van der Waals surface area (Å²) in [6.45, 7) is 1.69. The number of benzene rings is 2. The Hall–Kier alpha value is -2.11. The zero-order valence-electron chi connectivity index (χ0n) is 11.1. The minimum Gasteiger partial charge on any atom is -0.379 e. The topological polar surface area (TPSA) is 12.0 Å². The fraction of sp³-hybridized carbons (Fsp3) is 0.200. The fourth-order valence-corrected chi connectivity index (χ4v) is 1.86. The van der Waals surface area contributed by atoms with Crippen LogP contribution in [0.5, 0.6) is 0 Å². The molecule has 0 amide bonds. The predicted molar refractivity (Wildman–Crippen MR) is 69.9 cm³/mol. The van der Waals surface area contributed by atoms with E-state index in [1.165, 1.54) is 18.2 Å². The zero-order valence-corrected chi connectivity index (χ0v) is 11.1. The lowest BCUT2D eigenvalue weighted by Gasteiger charge is -2.12. The summed E-state index contributed by atoms with van der Waals surface area (Å²) in [7, 11) is 0. The van der Waals surface area contributed by atoms with Gasteiger partial charge in [-0.15, -0.1) is 0 Å². The van der Waals surface area contributed by atoms with Crippen LogP contribution >= 0.6 is 0 Å². The van der Waals surface area contributed by atoms with Gasteiger partial charge in [0.05, 0.1) is 11.3 Å². The first kappa shape index (κ1) is 15.3. The molecule has 1 nitrogen and oxygen atoms in total. The Labute approximate surface area is 118 Å². The quantitative estimate of drug-likeness (QED) is 0.795. The zero-order chi connectivity index (χ0) is 15.6. The van der Waals surface area contributed by atoms with Crippen LogP contribution in [0.2, 0.25) is 0 Å². The number of alkyl halides is 3. The van der Waals surface area contributed by atoms with Crippen LogP contribution in [0.15, 0.2) is 36.4 Å². The molecular weight excluding hydrogens is 289 g/mol. The van der Waals surface area contributed by atoms with Crippen LogP contribution in [0.1, 0.15) is 16.7 Å². The summed E-state index contributed by atoms with van der Waals surface area (Å²) in [5.41, 5.74) is -0.201. The normalized spacial score (nSPS) is 11.5. The lowest BCUT2D eigenvalue weighted by atomic mass is 10.1. The van der Waals surface area contributed by atoms with Crippen molar-refractivity contribution in [2.75, 3.05) is 5.32 Å². The second-order valence-electron chi connectivity index (χ2n) is 4.65. The summed E-state index contributed by atoms with van der Waals surface area (Å²) >= 11 is 0. The average Bonchev–Trinajstić information content (AvgIpc) is 2.38. The highest BCUT2D eigenvalue weighted by atomic mass is 19.4. The van der Waals surface area contributed by atoms with E-state index < -0.39 is 23.4 Å². The molecule has 0 aromatic heterocycles. The van der Waals surface area contributed by atoms with Gasteiger partial charge in [-0.2, -0.15) is 13.2 Å². The lowest BCUT2D eigenvalue weighted by Crippen LogP contribution is -2.10. The Morgan fingerprint density at radius 1 is 0.952 bits per heavy atom. The smallest absolute Gasteiger partial charge is 0.379 e. The van der Waals surface area contributed by atoms with Crippen molar-refractivity contribution in [1.29, 1.82) is 0 Å². The Balaban J connectivity index is 2.17. The number of halogens is 5. The van der Waals surface area contributed by atoms with Crippen molar-refractivity contribution in [2.45, 2.75) is 19.6 Å². The van der Waals surface area contributed by atoms with E-state index in [1.54, 1.807) is 13.0 Å². The first-order valence-electron chi connectivity index (χ1n) is 6.13. The Bertz CT molecular complexity index is 649. The Morgan fingerprint density at radius 2 is 1.67 bits per heavy atom. The molecule has 2 rings (SSSR count). The van der Waals surface area contributed by atoms with E-state index in [2.05, 4.69) is 5.32 Å². The van der Waals surface area contributed by atoms with Gasteiger partial charge in [0.1, 0.15) is 11.6 Å². The minimum absolute atomic E-state index is 0.0384. The van der Waals surface area contributed by atoms with Crippen LogP contribution in [0.4, 0.5) is 27.6 Å². The van der Waals surface area contributed by atoms with E-state index in [9.17, 15) is 22.0 Å². The van der Waals surface area contributed by atoms with Crippen molar-refractivity contribution in [1.82, 2.24) is 0 Å². The molecule has 0 bridgehead atoms. The van der Waals surface area contributed by atoms with Crippen LogP contribution in [-0.4, -0.2) is 0 Å². The Kier molecular flexibility index (Phi) is 4.16. The monoisotopic (exact) mass is 301 g/mol. The van der Waals surface area contributed by atoms with Gasteiger partial charge in [0.15, 0.2) is 0 Å². The van der Waals surface area contributed by atoms with Crippen LogP contribution in [0.3, 0.4) is 0 Å². The number of aryl methyl sites for hydroxylation is 1. The molecule has 21 heavy (non-hydrogen) atoms. The number of anilines is 1. The molecule has 2 aromatic carbocycles. The summed E-state index contributed by atoms with van der Waals surface area (Å²) < 4.78 is 64.5. The molecule has 0 aliphatic heterocycles. The molecule has 6 heteroatoms. The molecule has 0 heterocycles. The van der Waals surface area contributed by atoms with Crippen molar-refractivity contribution in [3.63, 3.8) is 0 Å². The largest absolute Gasteiger partial charge is 0.419 e. The summed E-state index contributed by atoms with van der Waals surface area (Å²) in [5.74, 6) is -1.82. The van der Waals surface area contributed by atoms with Gasteiger partial charge < -0.3 is 5.32 Å². The van der Waals surface area contributed by atoms with E-state index in [0.717, 1.165) is 11.6 Å². The number of hydrogen-bond donors (Lipinski definition) is 1. The molecule has 0 saturated carbocycles.